The van der Waals surface area contributed by atoms with E-state index in [2.05, 4.69) is 47.8 Å². The van der Waals surface area contributed by atoms with Crippen molar-refractivity contribution in [2.24, 2.45) is 5.73 Å². The fraction of sp³-hybridized carbons (Fsp3) is 0.231. The van der Waals surface area contributed by atoms with Crippen LogP contribution in [0, 0.1) is 0 Å². The van der Waals surface area contributed by atoms with E-state index in [0.717, 1.165) is 13.0 Å². The molecule has 15 heavy (non-hydrogen) atoms. The van der Waals surface area contributed by atoms with E-state index in [1.54, 1.807) is 0 Å². The van der Waals surface area contributed by atoms with E-state index in [0.29, 0.717) is 5.92 Å². The van der Waals surface area contributed by atoms with Crippen molar-refractivity contribution in [2.75, 3.05) is 6.54 Å². The van der Waals surface area contributed by atoms with E-state index in [1.165, 1.54) is 10.4 Å². The van der Waals surface area contributed by atoms with Gasteiger partial charge in [-0.15, -0.1) is 11.3 Å². The van der Waals surface area contributed by atoms with Gasteiger partial charge in [0.25, 0.3) is 0 Å². The van der Waals surface area contributed by atoms with Gasteiger partial charge < -0.3 is 5.73 Å². The second-order valence-corrected chi connectivity index (χ2v) is 4.54. The third-order valence-corrected chi connectivity index (χ3v) is 3.53. The first-order chi connectivity index (χ1) is 7.42. The van der Waals surface area contributed by atoms with Crippen molar-refractivity contribution in [1.29, 1.82) is 0 Å². The predicted octanol–water partition coefficient (Wildman–Crippen LogP) is 3.23. The SMILES string of the molecule is NCCC(c1ccccc1)c1cccs1. The lowest BCUT2D eigenvalue weighted by Gasteiger charge is -2.14. The first-order valence-corrected chi connectivity index (χ1v) is 6.08. The summed E-state index contributed by atoms with van der Waals surface area (Å²) in [4.78, 5) is 1.41. The first kappa shape index (κ1) is 10.4. The number of thiophene rings is 1. The quantitative estimate of drug-likeness (QED) is 0.836. The van der Waals surface area contributed by atoms with Crippen LogP contribution in [0.5, 0.6) is 0 Å². The van der Waals surface area contributed by atoms with Crippen molar-refractivity contribution in [2.45, 2.75) is 12.3 Å². The molecule has 0 spiro atoms. The summed E-state index contributed by atoms with van der Waals surface area (Å²) in [6, 6.07) is 14.9. The van der Waals surface area contributed by atoms with Gasteiger partial charge in [-0.2, -0.15) is 0 Å². The molecule has 0 saturated carbocycles. The number of nitrogens with two attached hydrogens (primary N) is 1. The maximum absolute atomic E-state index is 5.68. The van der Waals surface area contributed by atoms with Crippen LogP contribution in [0.3, 0.4) is 0 Å². The second kappa shape index (κ2) is 5.10. The summed E-state index contributed by atoms with van der Waals surface area (Å²) in [6.45, 7) is 0.734. The molecule has 1 heterocycles. The highest BCUT2D eigenvalue weighted by molar-refractivity contribution is 7.10. The molecule has 2 aromatic rings. The van der Waals surface area contributed by atoms with Gasteiger partial charge in [0.05, 0.1) is 0 Å². The molecule has 0 aliphatic rings. The highest BCUT2D eigenvalue weighted by Crippen LogP contribution is 2.30. The zero-order valence-electron chi connectivity index (χ0n) is 8.60. The minimum absolute atomic E-state index is 0.469. The smallest absolute Gasteiger partial charge is 0.0195 e. The molecule has 0 fully saturated rings. The molecule has 1 aromatic heterocycles. The summed E-state index contributed by atoms with van der Waals surface area (Å²) >= 11 is 1.81. The Morgan fingerprint density at radius 1 is 1.07 bits per heavy atom. The van der Waals surface area contributed by atoms with Gasteiger partial charge in [0.15, 0.2) is 0 Å². The van der Waals surface area contributed by atoms with Crippen molar-refractivity contribution >= 4 is 11.3 Å². The Hall–Kier alpha value is -1.12. The molecule has 78 valence electrons. The van der Waals surface area contributed by atoms with E-state index in [9.17, 15) is 0 Å². The van der Waals surface area contributed by atoms with Crippen LogP contribution >= 0.6 is 11.3 Å². The lowest BCUT2D eigenvalue weighted by atomic mass is 9.94. The molecule has 0 saturated heterocycles. The second-order valence-electron chi connectivity index (χ2n) is 3.56. The van der Waals surface area contributed by atoms with Gasteiger partial charge in [0.1, 0.15) is 0 Å². The third kappa shape index (κ3) is 2.46. The molecule has 2 N–H and O–H groups in total. The number of benzene rings is 1. The average molecular weight is 217 g/mol. The lowest BCUT2D eigenvalue weighted by Crippen LogP contribution is -2.07. The highest BCUT2D eigenvalue weighted by atomic mass is 32.1. The molecule has 0 aliphatic carbocycles. The summed E-state index contributed by atoms with van der Waals surface area (Å²) in [6.07, 6.45) is 1.02. The summed E-state index contributed by atoms with van der Waals surface area (Å²) in [7, 11) is 0. The van der Waals surface area contributed by atoms with Crippen molar-refractivity contribution in [3.63, 3.8) is 0 Å². The molecule has 0 bridgehead atoms. The fourth-order valence-corrected chi connectivity index (χ4v) is 2.70. The van der Waals surface area contributed by atoms with Crippen molar-refractivity contribution in [1.82, 2.24) is 0 Å². The molecule has 0 aliphatic heterocycles. The third-order valence-electron chi connectivity index (χ3n) is 2.54. The summed E-state index contributed by atoms with van der Waals surface area (Å²) in [5.41, 5.74) is 7.04. The Kier molecular flexibility index (Phi) is 3.54. The zero-order chi connectivity index (χ0) is 10.5. The average Bonchev–Trinajstić information content (AvgIpc) is 2.80. The standard InChI is InChI=1S/C13H15NS/c14-9-8-12(13-7-4-10-15-13)11-5-2-1-3-6-11/h1-7,10,12H,8-9,14H2. The molecule has 1 atom stereocenters. The Morgan fingerprint density at radius 3 is 2.47 bits per heavy atom. The molecule has 1 aromatic carbocycles. The van der Waals surface area contributed by atoms with Crippen LogP contribution in [0.2, 0.25) is 0 Å². The van der Waals surface area contributed by atoms with Crippen molar-refractivity contribution in [3.05, 3.63) is 58.3 Å². The van der Waals surface area contributed by atoms with Gasteiger partial charge in [-0.05, 0) is 30.0 Å². The molecule has 1 unspecified atom stereocenters. The predicted molar refractivity (Wildman–Crippen MR) is 66.3 cm³/mol. The van der Waals surface area contributed by atoms with E-state index in [4.69, 9.17) is 5.73 Å². The Morgan fingerprint density at radius 2 is 1.87 bits per heavy atom. The van der Waals surface area contributed by atoms with Crippen molar-refractivity contribution < 1.29 is 0 Å². The van der Waals surface area contributed by atoms with Gasteiger partial charge in [-0.3, -0.25) is 0 Å². The highest BCUT2D eigenvalue weighted by Gasteiger charge is 2.13. The molecule has 1 nitrogen and oxygen atoms in total. The summed E-state index contributed by atoms with van der Waals surface area (Å²) in [5.74, 6) is 0.469. The van der Waals surface area contributed by atoms with Crippen LogP contribution in [0.1, 0.15) is 22.8 Å². The van der Waals surface area contributed by atoms with Crippen LogP contribution in [-0.2, 0) is 0 Å². The van der Waals surface area contributed by atoms with Gasteiger partial charge in [-0.25, -0.2) is 0 Å². The lowest BCUT2D eigenvalue weighted by molar-refractivity contribution is 0.737. The molecular formula is C13H15NS. The number of hydrogen-bond acceptors (Lipinski definition) is 2. The van der Waals surface area contributed by atoms with Gasteiger partial charge in [0, 0.05) is 10.8 Å². The van der Waals surface area contributed by atoms with Crippen LogP contribution in [0.15, 0.2) is 47.8 Å². The largest absolute Gasteiger partial charge is 0.330 e. The van der Waals surface area contributed by atoms with Crippen LogP contribution in [0.25, 0.3) is 0 Å². The van der Waals surface area contributed by atoms with E-state index in [1.807, 2.05) is 11.3 Å². The maximum Gasteiger partial charge on any atom is 0.0195 e. The molecule has 0 amide bonds. The number of hydrogen-bond donors (Lipinski definition) is 1. The van der Waals surface area contributed by atoms with Gasteiger partial charge >= 0.3 is 0 Å². The zero-order valence-corrected chi connectivity index (χ0v) is 9.41. The van der Waals surface area contributed by atoms with E-state index < -0.39 is 0 Å². The molecule has 0 radical (unpaired) electrons. The van der Waals surface area contributed by atoms with Crippen LogP contribution in [0.4, 0.5) is 0 Å². The number of rotatable bonds is 4. The van der Waals surface area contributed by atoms with Gasteiger partial charge in [-0.1, -0.05) is 36.4 Å². The normalized spacial score (nSPS) is 12.6. The Bertz CT molecular complexity index is 380. The summed E-state index contributed by atoms with van der Waals surface area (Å²) < 4.78 is 0. The van der Waals surface area contributed by atoms with E-state index >= 15 is 0 Å². The van der Waals surface area contributed by atoms with Crippen LogP contribution in [-0.4, -0.2) is 6.54 Å². The molecule has 2 rings (SSSR count). The Labute approximate surface area is 94.6 Å². The molecular weight excluding hydrogens is 202 g/mol. The first-order valence-electron chi connectivity index (χ1n) is 5.20. The van der Waals surface area contributed by atoms with Crippen LogP contribution < -0.4 is 5.73 Å². The topological polar surface area (TPSA) is 26.0 Å². The summed E-state index contributed by atoms with van der Waals surface area (Å²) in [5, 5.41) is 2.13. The maximum atomic E-state index is 5.68. The monoisotopic (exact) mass is 217 g/mol. The minimum atomic E-state index is 0.469. The fourth-order valence-electron chi connectivity index (χ4n) is 1.81. The van der Waals surface area contributed by atoms with E-state index in [-0.39, 0.29) is 0 Å². The molecule has 2 heteroatoms. The Balaban J connectivity index is 2.28. The minimum Gasteiger partial charge on any atom is -0.330 e. The van der Waals surface area contributed by atoms with Gasteiger partial charge in [0.2, 0.25) is 0 Å². The van der Waals surface area contributed by atoms with Crippen molar-refractivity contribution in [3.8, 4) is 0 Å².